The lowest BCUT2D eigenvalue weighted by atomic mass is 10.1. The largest absolute Gasteiger partial charge is 0.496 e. The second-order valence-corrected chi connectivity index (χ2v) is 5.49. The Morgan fingerprint density at radius 3 is 2.65 bits per heavy atom. The summed E-state index contributed by atoms with van der Waals surface area (Å²) in [6.07, 6.45) is -0.692. The zero-order valence-corrected chi connectivity index (χ0v) is 11.2. The van der Waals surface area contributed by atoms with E-state index in [1.807, 2.05) is 19.1 Å². The first-order valence-electron chi connectivity index (χ1n) is 5.19. The van der Waals surface area contributed by atoms with E-state index in [1.165, 1.54) is 4.88 Å². The van der Waals surface area contributed by atoms with Crippen LogP contribution in [0.1, 0.15) is 21.4 Å². The molecule has 1 heterocycles. The Labute approximate surface area is 109 Å². The van der Waals surface area contributed by atoms with E-state index in [2.05, 4.69) is 0 Å². The van der Waals surface area contributed by atoms with Crippen molar-refractivity contribution < 1.29 is 9.84 Å². The van der Waals surface area contributed by atoms with Gasteiger partial charge in [-0.3, -0.25) is 0 Å². The molecular weight excluding hydrogens is 256 g/mol. The Morgan fingerprint density at radius 1 is 1.29 bits per heavy atom. The molecule has 1 aromatic carbocycles. The predicted octanol–water partition coefficient (Wildman–Crippen LogP) is 3.80. The molecule has 0 aliphatic carbocycles. The number of methoxy groups -OCH3 is 1. The van der Waals surface area contributed by atoms with Gasteiger partial charge in [-0.1, -0.05) is 11.6 Å². The van der Waals surface area contributed by atoms with Gasteiger partial charge in [-0.25, -0.2) is 0 Å². The third-order valence-corrected chi connectivity index (χ3v) is 3.81. The molecule has 90 valence electrons. The number of thiophene rings is 1. The van der Waals surface area contributed by atoms with Crippen LogP contribution in [0.4, 0.5) is 0 Å². The number of halogens is 1. The normalized spacial score (nSPS) is 12.5. The van der Waals surface area contributed by atoms with E-state index in [-0.39, 0.29) is 0 Å². The zero-order valence-electron chi connectivity index (χ0n) is 9.61. The second kappa shape index (κ2) is 5.08. The summed E-state index contributed by atoms with van der Waals surface area (Å²) in [5, 5.41) is 10.9. The van der Waals surface area contributed by atoms with Crippen molar-refractivity contribution in [2.24, 2.45) is 0 Å². The minimum atomic E-state index is -0.692. The van der Waals surface area contributed by atoms with Gasteiger partial charge in [0.1, 0.15) is 11.9 Å². The first kappa shape index (κ1) is 12.4. The molecule has 17 heavy (non-hydrogen) atoms. The molecule has 2 nitrogen and oxygen atoms in total. The summed E-state index contributed by atoms with van der Waals surface area (Å²) in [6, 6.07) is 9.16. The predicted molar refractivity (Wildman–Crippen MR) is 71.1 cm³/mol. The van der Waals surface area contributed by atoms with Crippen LogP contribution in [0.3, 0.4) is 0 Å². The first-order chi connectivity index (χ1) is 8.11. The van der Waals surface area contributed by atoms with Crippen molar-refractivity contribution in [3.8, 4) is 5.75 Å². The lowest BCUT2D eigenvalue weighted by Gasteiger charge is -2.13. The van der Waals surface area contributed by atoms with Crippen LogP contribution in [0.15, 0.2) is 30.3 Å². The summed E-state index contributed by atoms with van der Waals surface area (Å²) in [6.45, 7) is 2.01. The molecule has 4 heteroatoms. The topological polar surface area (TPSA) is 29.5 Å². The summed E-state index contributed by atoms with van der Waals surface area (Å²) < 4.78 is 5.24. The van der Waals surface area contributed by atoms with Gasteiger partial charge in [-0.05, 0) is 37.3 Å². The Balaban J connectivity index is 2.42. The van der Waals surface area contributed by atoms with Crippen molar-refractivity contribution in [3.63, 3.8) is 0 Å². The summed E-state index contributed by atoms with van der Waals surface area (Å²) >= 11 is 7.51. The van der Waals surface area contributed by atoms with Crippen molar-refractivity contribution in [1.82, 2.24) is 0 Å². The molecule has 1 N–H and O–H groups in total. The van der Waals surface area contributed by atoms with Crippen molar-refractivity contribution in [1.29, 1.82) is 0 Å². The van der Waals surface area contributed by atoms with E-state index in [0.29, 0.717) is 16.3 Å². The van der Waals surface area contributed by atoms with Crippen LogP contribution in [0.5, 0.6) is 5.75 Å². The molecule has 1 unspecified atom stereocenters. The maximum absolute atomic E-state index is 10.3. The average molecular weight is 269 g/mol. The molecule has 0 spiro atoms. The van der Waals surface area contributed by atoms with Crippen molar-refractivity contribution in [3.05, 3.63) is 50.7 Å². The minimum Gasteiger partial charge on any atom is -0.496 e. The molecule has 0 fully saturated rings. The van der Waals surface area contributed by atoms with Gasteiger partial charge in [0.2, 0.25) is 0 Å². The molecule has 1 atom stereocenters. The highest BCUT2D eigenvalue weighted by Gasteiger charge is 2.17. The van der Waals surface area contributed by atoms with Gasteiger partial charge in [-0.15, -0.1) is 11.3 Å². The number of aryl methyl sites for hydroxylation is 1. The Hall–Kier alpha value is -1.03. The Kier molecular flexibility index (Phi) is 3.72. The van der Waals surface area contributed by atoms with E-state index >= 15 is 0 Å². The maximum atomic E-state index is 10.3. The van der Waals surface area contributed by atoms with E-state index in [0.717, 1.165) is 4.88 Å². The number of rotatable bonds is 3. The average Bonchev–Trinajstić information content (AvgIpc) is 2.75. The maximum Gasteiger partial charge on any atom is 0.125 e. The van der Waals surface area contributed by atoms with Crippen LogP contribution in [-0.4, -0.2) is 12.2 Å². The van der Waals surface area contributed by atoms with Crippen molar-refractivity contribution >= 4 is 22.9 Å². The third-order valence-electron chi connectivity index (χ3n) is 2.52. The Morgan fingerprint density at radius 2 is 2.06 bits per heavy atom. The number of benzene rings is 1. The molecule has 0 aliphatic heterocycles. The van der Waals surface area contributed by atoms with Crippen LogP contribution in [0.25, 0.3) is 0 Å². The molecule has 2 rings (SSSR count). The molecule has 2 aromatic rings. The molecule has 0 saturated heterocycles. The summed E-state index contributed by atoms with van der Waals surface area (Å²) in [4.78, 5) is 2.06. The van der Waals surface area contributed by atoms with Crippen LogP contribution in [0, 0.1) is 6.92 Å². The summed E-state index contributed by atoms with van der Waals surface area (Å²) in [5.74, 6) is 0.646. The van der Waals surface area contributed by atoms with Gasteiger partial charge in [0.25, 0.3) is 0 Å². The molecule has 0 bridgehead atoms. The second-order valence-electron chi connectivity index (χ2n) is 3.74. The fraction of sp³-hybridized carbons (Fsp3) is 0.231. The van der Waals surface area contributed by atoms with E-state index in [1.54, 1.807) is 36.6 Å². The highest BCUT2D eigenvalue weighted by molar-refractivity contribution is 7.12. The fourth-order valence-corrected chi connectivity index (χ4v) is 2.74. The quantitative estimate of drug-likeness (QED) is 0.917. The van der Waals surface area contributed by atoms with Gasteiger partial charge < -0.3 is 9.84 Å². The van der Waals surface area contributed by atoms with Gasteiger partial charge >= 0.3 is 0 Å². The van der Waals surface area contributed by atoms with Gasteiger partial charge in [0.15, 0.2) is 0 Å². The van der Waals surface area contributed by atoms with Gasteiger partial charge in [0, 0.05) is 20.3 Å². The fourth-order valence-electron chi connectivity index (χ4n) is 1.67. The molecule has 0 aliphatic rings. The van der Waals surface area contributed by atoms with Gasteiger partial charge in [-0.2, -0.15) is 0 Å². The smallest absolute Gasteiger partial charge is 0.125 e. The van der Waals surface area contributed by atoms with Gasteiger partial charge in [0.05, 0.1) is 7.11 Å². The third kappa shape index (κ3) is 2.63. The number of aliphatic hydroxyl groups is 1. The zero-order chi connectivity index (χ0) is 12.4. The van der Waals surface area contributed by atoms with Crippen molar-refractivity contribution in [2.75, 3.05) is 7.11 Å². The lowest BCUT2D eigenvalue weighted by Crippen LogP contribution is -2.00. The number of hydrogen-bond donors (Lipinski definition) is 1. The number of ether oxygens (including phenoxy) is 1. The molecular formula is C13H13ClO2S. The summed E-state index contributed by atoms with van der Waals surface area (Å²) in [7, 11) is 1.58. The van der Waals surface area contributed by atoms with Crippen molar-refractivity contribution in [2.45, 2.75) is 13.0 Å². The number of aliphatic hydroxyl groups excluding tert-OH is 1. The first-order valence-corrected chi connectivity index (χ1v) is 6.39. The molecule has 0 saturated carbocycles. The highest BCUT2D eigenvalue weighted by Crippen LogP contribution is 2.34. The van der Waals surface area contributed by atoms with Crippen LogP contribution < -0.4 is 4.74 Å². The van der Waals surface area contributed by atoms with E-state index in [4.69, 9.17) is 16.3 Å². The SMILES string of the molecule is COc1ccc(Cl)cc1C(O)c1ccc(C)s1. The monoisotopic (exact) mass is 268 g/mol. The highest BCUT2D eigenvalue weighted by atomic mass is 35.5. The lowest BCUT2D eigenvalue weighted by molar-refractivity contribution is 0.218. The molecule has 1 aromatic heterocycles. The molecule has 0 radical (unpaired) electrons. The Bertz CT molecular complexity index is 522. The standard InChI is InChI=1S/C13H13ClO2S/c1-8-3-6-12(17-8)13(15)10-7-9(14)4-5-11(10)16-2/h3-7,13,15H,1-2H3. The minimum absolute atomic E-state index is 0.591. The van der Waals surface area contributed by atoms with Crippen LogP contribution in [-0.2, 0) is 0 Å². The van der Waals surface area contributed by atoms with E-state index < -0.39 is 6.10 Å². The summed E-state index contributed by atoms with van der Waals surface area (Å²) in [5.41, 5.74) is 0.696. The van der Waals surface area contributed by atoms with Crippen LogP contribution in [0.2, 0.25) is 5.02 Å². The van der Waals surface area contributed by atoms with E-state index in [9.17, 15) is 5.11 Å². The van der Waals surface area contributed by atoms with Crippen LogP contribution >= 0.6 is 22.9 Å². The molecule has 0 amide bonds. The number of hydrogen-bond acceptors (Lipinski definition) is 3.